The Labute approximate surface area is 92.7 Å². The molecule has 2 rings (SSSR count). The normalized spacial score (nSPS) is 10.1. The average Bonchev–Trinajstić information content (AvgIpc) is 2.78. The number of carbonyl (C=O) groups is 1. The van der Waals surface area contributed by atoms with Crippen molar-refractivity contribution in [2.75, 3.05) is 7.11 Å². The van der Waals surface area contributed by atoms with Crippen molar-refractivity contribution in [3.63, 3.8) is 0 Å². The van der Waals surface area contributed by atoms with Gasteiger partial charge in [-0.25, -0.2) is 0 Å². The Balaban J connectivity index is 2.17. The predicted octanol–water partition coefficient (Wildman–Crippen LogP) is 1.12. The molecule has 0 radical (unpaired) electrons. The monoisotopic (exact) mass is 217 g/mol. The molecule has 0 aromatic carbocycles. The van der Waals surface area contributed by atoms with E-state index >= 15 is 0 Å². The van der Waals surface area contributed by atoms with Crippen molar-refractivity contribution >= 4 is 5.97 Å². The summed E-state index contributed by atoms with van der Waals surface area (Å²) in [4.78, 5) is 15.0. The number of carbonyl (C=O) groups excluding carboxylic acids is 1. The summed E-state index contributed by atoms with van der Waals surface area (Å²) in [5.74, 6) is -0.319. The second-order valence-electron chi connectivity index (χ2n) is 3.22. The van der Waals surface area contributed by atoms with Gasteiger partial charge in [0.15, 0.2) is 0 Å². The molecule has 82 valence electrons. The van der Waals surface area contributed by atoms with Gasteiger partial charge in [0.1, 0.15) is 6.54 Å². The molecule has 0 bridgehead atoms. The van der Waals surface area contributed by atoms with E-state index < -0.39 is 0 Å². The van der Waals surface area contributed by atoms with Gasteiger partial charge in [0.25, 0.3) is 0 Å². The number of rotatable bonds is 3. The molecule has 0 unspecified atom stereocenters. The largest absolute Gasteiger partial charge is 0.468 e. The first-order valence-corrected chi connectivity index (χ1v) is 4.80. The fourth-order valence-corrected chi connectivity index (χ4v) is 1.31. The van der Waals surface area contributed by atoms with Crippen molar-refractivity contribution < 1.29 is 9.53 Å². The van der Waals surface area contributed by atoms with E-state index in [4.69, 9.17) is 0 Å². The Morgan fingerprint density at radius 1 is 1.50 bits per heavy atom. The van der Waals surface area contributed by atoms with Crippen molar-refractivity contribution in [2.24, 2.45) is 0 Å². The molecule has 0 amide bonds. The van der Waals surface area contributed by atoms with Crippen LogP contribution in [0.4, 0.5) is 0 Å². The van der Waals surface area contributed by atoms with Crippen molar-refractivity contribution in [3.8, 4) is 11.3 Å². The number of aromatic nitrogens is 3. The quantitative estimate of drug-likeness (QED) is 0.723. The number of methoxy groups -OCH3 is 1. The summed E-state index contributed by atoms with van der Waals surface area (Å²) in [6, 6.07) is 5.59. The molecule has 16 heavy (non-hydrogen) atoms. The van der Waals surface area contributed by atoms with Crippen molar-refractivity contribution in [3.05, 3.63) is 36.8 Å². The summed E-state index contributed by atoms with van der Waals surface area (Å²) in [5.41, 5.74) is 1.71. The molecular formula is C11H11N3O2. The molecule has 0 aliphatic heterocycles. The van der Waals surface area contributed by atoms with E-state index in [2.05, 4.69) is 14.8 Å². The summed E-state index contributed by atoms with van der Waals surface area (Å²) in [7, 11) is 1.36. The zero-order chi connectivity index (χ0) is 11.4. The van der Waals surface area contributed by atoms with Gasteiger partial charge < -0.3 is 4.74 Å². The summed E-state index contributed by atoms with van der Waals surface area (Å²) >= 11 is 0. The summed E-state index contributed by atoms with van der Waals surface area (Å²) < 4.78 is 6.09. The highest BCUT2D eigenvalue weighted by Crippen LogP contribution is 2.14. The predicted molar refractivity (Wildman–Crippen MR) is 57.5 cm³/mol. The minimum absolute atomic E-state index is 0.122. The summed E-state index contributed by atoms with van der Waals surface area (Å²) in [6.45, 7) is 0.122. The second kappa shape index (κ2) is 4.57. The Hall–Kier alpha value is -2.17. The Morgan fingerprint density at radius 2 is 2.38 bits per heavy atom. The van der Waals surface area contributed by atoms with Crippen LogP contribution in [0.1, 0.15) is 0 Å². The van der Waals surface area contributed by atoms with E-state index in [9.17, 15) is 4.79 Å². The number of hydrogen-bond donors (Lipinski definition) is 0. The van der Waals surface area contributed by atoms with Crippen LogP contribution in [0.2, 0.25) is 0 Å². The van der Waals surface area contributed by atoms with Crippen LogP contribution in [-0.2, 0) is 16.1 Å². The van der Waals surface area contributed by atoms with Gasteiger partial charge in [-0.15, -0.1) is 0 Å². The number of esters is 1. The maximum atomic E-state index is 11.0. The molecule has 0 N–H and O–H groups in total. The van der Waals surface area contributed by atoms with E-state index in [1.165, 1.54) is 11.8 Å². The van der Waals surface area contributed by atoms with Crippen LogP contribution < -0.4 is 0 Å². The first kappa shape index (κ1) is 10.4. The van der Waals surface area contributed by atoms with Gasteiger partial charge in [0, 0.05) is 24.2 Å². The molecule has 0 fully saturated rings. The lowest BCUT2D eigenvalue weighted by molar-refractivity contribution is -0.141. The summed E-state index contributed by atoms with van der Waals surface area (Å²) in [6.07, 6.45) is 5.17. The van der Waals surface area contributed by atoms with Gasteiger partial charge in [-0.3, -0.25) is 14.5 Å². The van der Waals surface area contributed by atoms with E-state index in [-0.39, 0.29) is 12.5 Å². The third kappa shape index (κ3) is 2.25. The smallest absolute Gasteiger partial charge is 0.327 e. The Kier molecular flexibility index (Phi) is 2.95. The highest BCUT2D eigenvalue weighted by molar-refractivity contribution is 5.69. The first-order chi connectivity index (χ1) is 7.79. The van der Waals surface area contributed by atoms with Crippen LogP contribution in [0.15, 0.2) is 36.8 Å². The van der Waals surface area contributed by atoms with Crippen LogP contribution in [0.3, 0.4) is 0 Å². The van der Waals surface area contributed by atoms with E-state index in [1.54, 1.807) is 18.6 Å². The van der Waals surface area contributed by atoms with Crippen LogP contribution >= 0.6 is 0 Å². The number of ether oxygens (including phenoxy) is 1. The van der Waals surface area contributed by atoms with E-state index in [1.807, 2.05) is 18.2 Å². The maximum absolute atomic E-state index is 11.0. The van der Waals surface area contributed by atoms with Crippen molar-refractivity contribution in [1.82, 2.24) is 14.8 Å². The van der Waals surface area contributed by atoms with Gasteiger partial charge in [0.05, 0.1) is 12.8 Å². The zero-order valence-corrected chi connectivity index (χ0v) is 8.83. The van der Waals surface area contributed by atoms with Crippen molar-refractivity contribution in [1.29, 1.82) is 0 Å². The molecule has 5 heteroatoms. The lowest BCUT2D eigenvalue weighted by Crippen LogP contribution is -2.11. The fraction of sp³-hybridized carbons (Fsp3) is 0.182. The first-order valence-electron chi connectivity index (χ1n) is 4.80. The Bertz CT molecular complexity index is 479. The number of hydrogen-bond acceptors (Lipinski definition) is 4. The molecule has 0 aliphatic rings. The third-order valence-electron chi connectivity index (χ3n) is 2.12. The van der Waals surface area contributed by atoms with Crippen LogP contribution in [0.5, 0.6) is 0 Å². The molecule has 2 aromatic rings. The number of nitrogens with zero attached hydrogens (tertiary/aromatic N) is 3. The standard InChI is InChI=1S/C11H11N3O2/c1-16-11(15)8-14-6-4-10(13-14)9-3-2-5-12-7-9/h2-7H,8H2,1H3. The Morgan fingerprint density at radius 3 is 3.06 bits per heavy atom. The third-order valence-corrected chi connectivity index (χ3v) is 2.12. The highest BCUT2D eigenvalue weighted by Gasteiger charge is 2.05. The van der Waals surface area contributed by atoms with E-state index in [0.717, 1.165) is 11.3 Å². The molecule has 0 atom stereocenters. The lowest BCUT2D eigenvalue weighted by atomic mass is 10.2. The lowest BCUT2D eigenvalue weighted by Gasteiger charge is -1.99. The molecule has 0 saturated heterocycles. The van der Waals surface area contributed by atoms with Gasteiger partial charge in [0.2, 0.25) is 0 Å². The molecule has 2 heterocycles. The van der Waals surface area contributed by atoms with Crippen molar-refractivity contribution in [2.45, 2.75) is 6.54 Å². The molecule has 5 nitrogen and oxygen atoms in total. The topological polar surface area (TPSA) is 57.0 Å². The molecular weight excluding hydrogens is 206 g/mol. The minimum Gasteiger partial charge on any atom is -0.468 e. The van der Waals surface area contributed by atoms with Gasteiger partial charge in [-0.1, -0.05) is 0 Å². The molecule has 0 spiro atoms. The fourth-order valence-electron chi connectivity index (χ4n) is 1.31. The van der Waals surface area contributed by atoms with Crippen LogP contribution in [0.25, 0.3) is 11.3 Å². The highest BCUT2D eigenvalue weighted by atomic mass is 16.5. The van der Waals surface area contributed by atoms with Crippen LogP contribution in [-0.4, -0.2) is 27.8 Å². The van der Waals surface area contributed by atoms with Gasteiger partial charge in [-0.05, 0) is 18.2 Å². The number of pyridine rings is 1. The van der Waals surface area contributed by atoms with Gasteiger partial charge >= 0.3 is 5.97 Å². The molecule has 2 aromatic heterocycles. The molecule has 0 saturated carbocycles. The average molecular weight is 217 g/mol. The zero-order valence-electron chi connectivity index (χ0n) is 8.83. The van der Waals surface area contributed by atoms with E-state index in [0.29, 0.717) is 0 Å². The summed E-state index contributed by atoms with van der Waals surface area (Å²) in [5, 5.41) is 4.24. The second-order valence-corrected chi connectivity index (χ2v) is 3.22. The minimum atomic E-state index is -0.319. The SMILES string of the molecule is COC(=O)Cn1ccc(-c2cccnc2)n1. The van der Waals surface area contributed by atoms with Gasteiger partial charge in [-0.2, -0.15) is 5.10 Å². The molecule has 0 aliphatic carbocycles. The van der Waals surface area contributed by atoms with Crippen LogP contribution in [0, 0.1) is 0 Å². The maximum Gasteiger partial charge on any atom is 0.327 e.